The van der Waals surface area contributed by atoms with Crippen LogP contribution >= 0.6 is 0 Å². The van der Waals surface area contributed by atoms with Crippen LogP contribution in [0.25, 0.3) is 0 Å². The number of aryl methyl sites for hydroxylation is 3. The number of ether oxygens (including phenoxy) is 1. The number of nitrogens with one attached hydrogen (secondary N) is 1. The third-order valence-corrected chi connectivity index (χ3v) is 6.02. The lowest BCUT2D eigenvalue weighted by atomic mass is 9.72. The highest BCUT2D eigenvalue weighted by Gasteiger charge is 2.51. The summed E-state index contributed by atoms with van der Waals surface area (Å²) in [6.07, 6.45) is 1.79. The summed E-state index contributed by atoms with van der Waals surface area (Å²) in [6, 6.07) is 5.90. The number of carbonyl (C=O) groups is 1. The Morgan fingerprint density at radius 3 is 2.67 bits per heavy atom. The predicted octanol–water partition coefficient (Wildman–Crippen LogP) is 3.42. The van der Waals surface area contributed by atoms with E-state index >= 15 is 0 Å². The summed E-state index contributed by atoms with van der Waals surface area (Å²) in [6.45, 7) is 8.60. The number of hydrogen-bond donors (Lipinski definition) is 1. The lowest BCUT2D eigenvalue weighted by molar-refractivity contribution is 0.00959. The molecule has 2 saturated heterocycles. The Hall–Kier alpha value is -2.41. The molecule has 144 valence electrons. The van der Waals surface area contributed by atoms with Gasteiger partial charge in [-0.3, -0.25) is 0 Å². The van der Waals surface area contributed by atoms with E-state index in [2.05, 4.69) is 22.4 Å². The molecule has 1 aromatic heterocycles. The minimum Gasteiger partial charge on any atom is -0.381 e. The van der Waals surface area contributed by atoms with Crippen molar-refractivity contribution in [3.8, 4) is 0 Å². The van der Waals surface area contributed by atoms with E-state index in [4.69, 9.17) is 9.26 Å². The van der Waals surface area contributed by atoms with Gasteiger partial charge in [-0.1, -0.05) is 11.2 Å². The minimum atomic E-state index is -0.0807. The van der Waals surface area contributed by atoms with Crippen LogP contribution in [0.5, 0.6) is 0 Å². The zero-order valence-electron chi connectivity index (χ0n) is 16.1. The fourth-order valence-electron chi connectivity index (χ4n) is 4.22. The SMILES string of the molecule is Cc1noc([C@@H]2CN(C(=O)Nc3ccc(C)c(C)c3)CC23CCOCC3)n1. The van der Waals surface area contributed by atoms with Crippen LogP contribution in [0.4, 0.5) is 10.5 Å². The van der Waals surface area contributed by atoms with Gasteiger partial charge in [0.25, 0.3) is 0 Å². The van der Waals surface area contributed by atoms with Gasteiger partial charge in [-0.05, 0) is 56.9 Å². The van der Waals surface area contributed by atoms with E-state index < -0.39 is 0 Å². The normalized spacial score (nSPS) is 21.6. The molecule has 2 amide bonds. The monoisotopic (exact) mass is 370 g/mol. The Kier molecular flexibility index (Phi) is 4.63. The maximum absolute atomic E-state index is 12.9. The Morgan fingerprint density at radius 1 is 1.22 bits per heavy atom. The van der Waals surface area contributed by atoms with Crippen LogP contribution in [-0.4, -0.2) is 47.4 Å². The fourth-order valence-corrected chi connectivity index (χ4v) is 4.22. The average Bonchev–Trinajstić information content (AvgIpc) is 3.23. The molecule has 0 unspecified atom stereocenters. The third kappa shape index (κ3) is 3.43. The van der Waals surface area contributed by atoms with Gasteiger partial charge in [-0.25, -0.2) is 4.79 Å². The van der Waals surface area contributed by atoms with Gasteiger partial charge in [0.2, 0.25) is 5.89 Å². The second-order valence-electron chi connectivity index (χ2n) is 7.82. The molecule has 27 heavy (non-hydrogen) atoms. The predicted molar refractivity (Wildman–Crippen MR) is 101 cm³/mol. The summed E-state index contributed by atoms with van der Waals surface area (Å²) in [5, 5.41) is 7.00. The van der Waals surface area contributed by atoms with E-state index in [0.717, 1.165) is 24.1 Å². The van der Waals surface area contributed by atoms with Crippen LogP contribution in [0.3, 0.4) is 0 Å². The Labute approximate surface area is 159 Å². The Bertz CT molecular complexity index is 842. The molecular weight excluding hydrogens is 344 g/mol. The van der Waals surface area contributed by atoms with Gasteiger partial charge in [0.15, 0.2) is 5.82 Å². The zero-order valence-corrected chi connectivity index (χ0v) is 16.1. The standard InChI is InChI=1S/C20H26N4O3/c1-13-4-5-16(10-14(13)2)22-19(25)24-11-17(18-21-15(3)23-27-18)20(12-24)6-8-26-9-7-20/h4-5,10,17H,6-9,11-12H2,1-3H3,(H,22,25)/t17-/m0/s1. The first-order valence-corrected chi connectivity index (χ1v) is 9.48. The largest absolute Gasteiger partial charge is 0.381 e. The summed E-state index contributed by atoms with van der Waals surface area (Å²) in [4.78, 5) is 19.3. The highest BCUT2D eigenvalue weighted by molar-refractivity contribution is 5.89. The Balaban J connectivity index is 1.55. The number of amides is 2. The third-order valence-electron chi connectivity index (χ3n) is 6.02. The van der Waals surface area contributed by atoms with Crippen molar-refractivity contribution >= 4 is 11.7 Å². The topological polar surface area (TPSA) is 80.5 Å². The molecule has 0 bridgehead atoms. The van der Waals surface area contributed by atoms with Gasteiger partial charge in [-0.2, -0.15) is 4.98 Å². The number of anilines is 1. The molecule has 2 fully saturated rings. The summed E-state index contributed by atoms with van der Waals surface area (Å²) in [5.74, 6) is 1.31. The smallest absolute Gasteiger partial charge is 0.321 e. The van der Waals surface area contributed by atoms with E-state index in [1.165, 1.54) is 5.56 Å². The maximum atomic E-state index is 12.9. The summed E-state index contributed by atoms with van der Waals surface area (Å²) < 4.78 is 11.1. The van der Waals surface area contributed by atoms with Crippen molar-refractivity contribution in [2.45, 2.75) is 39.5 Å². The van der Waals surface area contributed by atoms with Crippen molar-refractivity contribution in [2.24, 2.45) is 5.41 Å². The number of nitrogens with zero attached hydrogens (tertiary/aromatic N) is 3. The molecule has 7 heteroatoms. The maximum Gasteiger partial charge on any atom is 0.321 e. The molecule has 0 saturated carbocycles. The molecule has 4 rings (SSSR count). The number of rotatable bonds is 2. The molecular formula is C20H26N4O3. The first-order valence-electron chi connectivity index (χ1n) is 9.48. The van der Waals surface area contributed by atoms with E-state index in [9.17, 15) is 4.79 Å². The number of hydrogen-bond acceptors (Lipinski definition) is 5. The molecule has 1 atom stereocenters. The summed E-state index contributed by atoms with van der Waals surface area (Å²) in [7, 11) is 0. The minimum absolute atomic E-state index is 0.0492. The number of benzene rings is 1. The van der Waals surface area contributed by atoms with Crippen LogP contribution in [0, 0.1) is 26.2 Å². The van der Waals surface area contributed by atoms with E-state index in [-0.39, 0.29) is 17.4 Å². The highest BCUT2D eigenvalue weighted by Crippen LogP contribution is 2.49. The van der Waals surface area contributed by atoms with Crippen molar-refractivity contribution in [3.05, 3.63) is 41.0 Å². The number of aromatic nitrogens is 2. The average molecular weight is 370 g/mol. The molecule has 1 spiro atoms. The van der Waals surface area contributed by atoms with Gasteiger partial charge in [0.1, 0.15) is 0 Å². The molecule has 7 nitrogen and oxygen atoms in total. The highest BCUT2D eigenvalue weighted by atomic mass is 16.5. The van der Waals surface area contributed by atoms with Gasteiger partial charge in [0.05, 0.1) is 5.92 Å². The second kappa shape index (κ2) is 6.96. The molecule has 2 aromatic rings. The molecule has 1 N–H and O–H groups in total. The first kappa shape index (κ1) is 18.0. The molecule has 3 heterocycles. The number of carbonyl (C=O) groups excluding carboxylic acids is 1. The molecule has 0 aliphatic carbocycles. The van der Waals surface area contributed by atoms with Crippen molar-refractivity contribution in [2.75, 3.05) is 31.6 Å². The van der Waals surface area contributed by atoms with Crippen molar-refractivity contribution < 1.29 is 14.1 Å². The van der Waals surface area contributed by atoms with Gasteiger partial charge in [0, 0.05) is 37.4 Å². The summed E-state index contributed by atoms with van der Waals surface area (Å²) >= 11 is 0. The van der Waals surface area contributed by atoms with Crippen LogP contribution < -0.4 is 5.32 Å². The summed E-state index contributed by atoms with van der Waals surface area (Å²) in [5.41, 5.74) is 3.13. The van der Waals surface area contributed by atoms with Gasteiger partial charge in [-0.15, -0.1) is 0 Å². The lowest BCUT2D eigenvalue weighted by Gasteiger charge is -2.36. The van der Waals surface area contributed by atoms with Gasteiger partial charge < -0.3 is 19.5 Å². The van der Waals surface area contributed by atoms with Crippen LogP contribution in [-0.2, 0) is 4.74 Å². The number of urea groups is 1. The van der Waals surface area contributed by atoms with Crippen molar-refractivity contribution in [1.29, 1.82) is 0 Å². The molecule has 1 aromatic carbocycles. The first-order chi connectivity index (χ1) is 13.0. The molecule has 2 aliphatic heterocycles. The molecule has 2 aliphatic rings. The van der Waals surface area contributed by atoms with Crippen LogP contribution in [0.1, 0.15) is 41.6 Å². The fraction of sp³-hybridized carbons (Fsp3) is 0.550. The molecule has 0 radical (unpaired) electrons. The number of likely N-dealkylation sites (tertiary alicyclic amines) is 1. The zero-order chi connectivity index (χ0) is 19.0. The van der Waals surface area contributed by atoms with Crippen LogP contribution in [0.15, 0.2) is 22.7 Å². The van der Waals surface area contributed by atoms with E-state index in [1.807, 2.05) is 36.9 Å². The quantitative estimate of drug-likeness (QED) is 0.876. The second-order valence-corrected chi connectivity index (χ2v) is 7.82. The van der Waals surface area contributed by atoms with E-state index in [0.29, 0.717) is 38.0 Å². The van der Waals surface area contributed by atoms with Crippen molar-refractivity contribution in [3.63, 3.8) is 0 Å². The van der Waals surface area contributed by atoms with Crippen LogP contribution in [0.2, 0.25) is 0 Å². The Morgan fingerprint density at radius 2 is 2.00 bits per heavy atom. The van der Waals surface area contributed by atoms with Gasteiger partial charge >= 0.3 is 6.03 Å². The lowest BCUT2D eigenvalue weighted by Crippen LogP contribution is -2.38. The van der Waals surface area contributed by atoms with E-state index in [1.54, 1.807) is 0 Å². The van der Waals surface area contributed by atoms with Crippen molar-refractivity contribution in [1.82, 2.24) is 15.0 Å².